The quantitative estimate of drug-likeness (QED) is 0.599. The zero-order valence-corrected chi connectivity index (χ0v) is 16.9. The van der Waals surface area contributed by atoms with E-state index in [9.17, 15) is 14.4 Å². The molecule has 2 aromatic carbocycles. The normalized spacial score (nSPS) is 10.2. The summed E-state index contributed by atoms with van der Waals surface area (Å²) in [5.41, 5.74) is 1.72. The van der Waals surface area contributed by atoms with E-state index in [1.807, 2.05) is 31.2 Å². The standard InChI is InChI=1S/C22H26N2O5/c1-4-6-21(26)24-17-9-10-20(19(12-17)15(2)25)29-14-22(27)23-13-16-7-5-8-18(11-16)28-3/h5,7-12H,4,6,13-14H2,1-3H3,(H,23,27)(H,24,26). The minimum atomic E-state index is -0.317. The van der Waals surface area contributed by atoms with Gasteiger partial charge in [0, 0.05) is 18.7 Å². The Balaban J connectivity index is 1.95. The monoisotopic (exact) mass is 398 g/mol. The van der Waals surface area contributed by atoms with Crippen LogP contribution in [-0.2, 0) is 16.1 Å². The van der Waals surface area contributed by atoms with Gasteiger partial charge in [-0.05, 0) is 49.2 Å². The van der Waals surface area contributed by atoms with E-state index in [0.717, 1.165) is 12.0 Å². The fraction of sp³-hybridized carbons (Fsp3) is 0.318. The van der Waals surface area contributed by atoms with Gasteiger partial charge in [0.05, 0.1) is 12.7 Å². The molecule has 0 saturated heterocycles. The van der Waals surface area contributed by atoms with Crippen molar-refractivity contribution in [1.82, 2.24) is 5.32 Å². The molecule has 0 fully saturated rings. The van der Waals surface area contributed by atoms with Crippen molar-refractivity contribution in [2.45, 2.75) is 33.2 Å². The Hall–Kier alpha value is -3.35. The molecule has 0 aliphatic rings. The van der Waals surface area contributed by atoms with E-state index in [-0.39, 0.29) is 24.2 Å². The topological polar surface area (TPSA) is 93.7 Å². The molecular weight excluding hydrogens is 372 g/mol. The van der Waals surface area contributed by atoms with Crippen molar-refractivity contribution in [3.05, 3.63) is 53.6 Å². The van der Waals surface area contributed by atoms with Crippen molar-refractivity contribution >= 4 is 23.3 Å². The average molecular weight is 398 g/mol. The molecule has 7 heteroatoms. The lowest BCUT2D eigenvalue weighted by atomic mass is 10.1. The number of amides is 2. The fourth-order valence-corrected chi connectivity index (χ4v) is 2.64. The lowest BCUT2D eigenvalue weighted by Gasteiger charge is -2.12. The van der Waals surface area contributed by atoms with Gasteiger partial charge in [-0.25, -0.2) is 0 Å². The van der Waals surface area contributed by atoms with Gasteiger partial charge < -0.3 is 20.1 Å². The average Bonchev–Trinajstić information content (AvgIpc) is 2.71. The smallest absolute Gasteiger partial charge is 0.258 e. The van der Waals surface area contributed by atoms with E-state index in [1.54, 1.807) is 25.3 Å². The van der Waals surface area contributed by atoms with Crippen molar-refractivity contribution in [1.29, 1.82) is 0 Å². The predicted molar refractivity (Wildman–Crippen MR) is 110 cm³/mol. The molecule has 0 unspecified atom stereocenters. The van der Waals surface area contributed by atoms with Crippen LogP contribution in [0.3, 0.4) is 0 Å². The molecule has 0 aromatic heterocycles. The molecule has 2 N–H and O–H groups in total. The molecule has 0 atom stereocenters. The first-order valence-corrected chi connectivity index (χ1v) is 9.40. The first kappa shape index (κ1) is 21.9. The van der Waals surface area contributed by atoms with Crippen LogP contribution in [0.5, 0.6) is 11.5 Å². The molecule has 0 radical (unpaired) electrons. The minimum Gasteiger partial charge on any atom is -0.497 e. The number of Topliss-reactive ketones (excluding diaryl/α,β-unsaturated/α-hetero) is 1. The maximum Gasteiger partial charge on any atom is 0.258 e. The molecule has 0 spiro atoms. The summed E-state index contributed by atoms with van der Waals surface area (Å²) in [6, 6.07) is 12.2. The number of ether oxygens (including phenoxy) is 2. The van der Waals surface area contributed by atoms with E-state index in [1.165, 1.54) is 6.92 Å². The Morgan fingerprint density at radius 3 is 2.52 bits per heavy atom. The third kappa shape index (κ3) is 6.95. The first-order chi connectivity index (χ1) is 13.9. The number of anilines is 1. The summed E-state index contributed by atoms with van der Waals surface area (Å²) in [6.45, 7) is 3.42. The highest BCUT2D eigenvalue weighted by Gasteiger charge is 2.13. The molecule has 7 nitrogen and oxygen atoms in total. The van der Waals surface area contributed by atoms with Crippen LogP contribution in [0.15, 0.2) is 42.5 Å². The van der Waals surface area contributed by atoms with Crippen LogP contribution in [0.2, 0.25) is 0 Å². The summed E-state index contributed by atoms with van der Waals surface area (Å²) >= 11 is 0. The van der Waals surface area contributed by atoms with Crippen molar-refractivity contribution in [2.24, 2.45) is 0 Å². The Morgan fingerprint density at radius 2 is 1.83 bits per heavy atom. The number of hydrogen-bond acceptors (Lipinski definition) is 5. The molecule has 29 heavy (non-hydrogen) atoms. The molecule has 0 bridgehead atoms. The minimum absolute atomic E-state index is 0.118. The largest absolute Gasteiger partial charge is 0.497 e. The molecular formula is C22H26N2O5. The third-order valence-electron chi connectivity index (χ3n) is 4.10. The third-order valence-corrected chi connectivity index (χ3v) is 4.10. The zero-order valence-electron chi connectivity index (χ0n) is 16.9. The number of rotatable bonds is 10. The number of methoxy groups -OCH3 is 1. The second-order valence-corrected chi connectivity index (χ2v) is 6.48. The highest BCUT2D eigenvalue weighted by molar-refractivity contribution is 5.99. The molecule has 0 saturated carbocycles. The van der Waals surface area contributed by atoms with E-state index >= 15 is 0 Å². The summed E-state index contributed by atoms with van der Waals surface area (Å²) in [5.74, 6) is 0.353. The highest BCUT2D eigenvalue weighted by atomic mass is 16.5. The summed E-state index contributed by atoms with van der Waals surface area (Å²) in [6.07, 6.45) is 1.14. The molecule has 2 amide bonds. The van der Waals surface area contributed by atoms with Crippen LogP contribution < -0.4 is 20.1 Å². The van der Waals surface area contributed by atoms with Crippen LogP contribution in [0.1, 0.15) is 42.6 Å². The Morgan fingerprint density at radius 1 is 1.03 bits per heavy atom. The van der Waals surface area contributed by atoms with Gasteiger partial charge in [-0.15, -0.1) is 0 Å². The molecule has 154 valence electrons. The zero-order chi connectivity index (χ0) is 21.2. The first-order valence-electron chi connectivity index (χ1n) is 9.40. The fourth-order valence-electron chi connectivity index (χ4n) is 2.64. The number of hydrogen-bond donors (Lipinski definition) is 2. The summed E-state index contributed by atoms with van der Waals surface area (Å²) in [4.78, 5) is 35.8. The number of carbonyl (C=O) groups excluding carboxylic acids is 3. The number of nitrogens with one attached hydrogen (secondary N) is 2. The van der Waals surface area contributed by atoms with Crippen molar-refractivity contribution in [2.75, 3.05) is 19.0 Å². The van der Waals surface area contributed by atoms with Crippen LogP contribution in [0.4, 0.5) is 5.69 Å². The maximum atomic E-state index is 12.1. The molecule has 0 aliphatic heterocycles. The number of ketones is 1. The van der Waals surface area contributed by atoms with E-state index in [2.05, 4.69) is 10.6 Å². The highest BCUT2D eigenvalue weighted by Crippen LogP contribution is 2.24. The van der Waals surface area contributed by atoms with Gasteiger partial charge in [-0.2, -0.15) is 0 Å². The number of carbonyl (C=O) groups is 3. The van der Waals surface area contributed by atoms with Crippen molar-refractivity contribution in [3.63, 3.8) is 0 Å². The van der Waals surface area contributed by atoms with Gasteiger partial charge in [0.25, 0.3) is 5.91 Å². The predicted octanol–water partition coefficient (Wildman–Crippen LogP) is 3.33. The van der Waals surface area contributed by atoms with E-state index in [4.69, 9.17) is 9.47 Å². The van der Waals surface area contributed by atoms with Crippen molar-refractivity contribution < 1.29 is 23.9 Å². The SMILES string of the molecule is CCCC(=O)Nc1ccc(OCC(=O)NCc2cccc(OC)c2)c(C(C)=O)c1. The van der Waals surface area contributed by atoms with Crippen LogP contribution >= 0.6 is 0 Å². The Bertz CT molecular complexity index is 879. The van der Waals surface area contributed by atoms with Gasteiger partial charge in [-0.3, -0.25) is 14.4 Å². The summed E-state index contributed by atoms with van der Waals surface area (Å²) < 4.78 is 10.7. The molecule has 0 heterocycles. The van der Waals surface area contributed by atoms with E-state index < -0.39 is 0 Å². The van der Waals surface area contributed by atoms with Gasteiger partial charge in [0.15, 0.2) is 12.4 Å². The van der Waals surface area contributed by atoms with Gasteiger partial charge in [0.2, 0.25) is 5.91 Å². The Kier molecular flexibility index (Phi) is 8.21. The molecule has 0 aliphatic carbocycles. The number of benzene rings is 2. The van der Waals surface area contributed by atoms with E-state index in [0.29, 0.717) is 35.7 Å². The molecule has 2 rings (SSSR count). The second-order valence-electron chi connectivity index (χ2n) is 6.48. The van der Waals surface area contributed by atoms with Crippen molar-refractivity contribution in [3.8, 4) is 11.5 Å². The summed E-state index contributed by atoms with van der Waals surface area (Å²) in [5, 5.41) is 5.50. The van der Waals surface area contributed by atoms with Gasteiger partial charge >= 0.3 is 0 Å². The maximum absolute atomic E-state index is 12.1. The van der Waals surface area contributed by atoms with Crippen LogP contribution in [0, 0.1) is 0 Å². The van der Waals surface area contributed by atoms with Gasteiger partial charge in [0.1, 0.15) is 11.5 Å². The molecule has 2 aromatic rings. The lowest BCUT2D eigenvalue weighted by Crippen LogP contribution is -2.28. The Labute approximate surface area is 170 Å². The second kappa shape index (κ2) is 10.8. The van der Waals surface area contributed by atoms with Crippen LogP contribution in [0.25, 0.3) is 0 Å². The lowest BCUT2D eigenvalue weighted by molar-refractivity contribution is -0.123. The van der Waals surface area contributed by atoms with Crippen LogP contribution in [-0.4, -0.2) is 31.3 Å². The summed E-state index contributed by atoms with van der Waals surface area (Å²) in [7, 11) is 1.58. The van der Waals surface area contributed by atoms with Gasteiger partial charge in [-0.1, -0.05) is 19.1 Å².